The van der Waals surface area contributed by atoms with Gasteiger partial charge in [-0.2, -0.15) is 10.2 Å². The monoisotopic (exact) mass is 359 g/mol. The molecule has 0 saturated carbocycles. The molecule has 0 aliphatic rings. The number of amides is 1. The number of rotatable bonds is 5. The Morgan fingerprint density at radius 2 is 1.96 bits per heavy atom. The van der Waals surface area contributed by atoms with E-state index in [0.717, 1.165) is 12.1 Å². The van der Waals surface area contributed by atoms with Crippen LogP contribution in [0.1, 0.15) is 28.7 Å². The van der Waals surface area contributed by atoms with Gasteiger partial charge in [-0.25, -0.2) is 18.7 Å². The van der Waals surface area contributed by atoms with Gasteiger partial charge >= 0.3 is 0 Å². The molecule has 0 bridgehead atoms. The van der Waals surface area contributed by atoms with Gasteiger partial charge in [-0.3, -0.25) is 4.79 Å². The van der Waals surface area contributed by atoms with Crippen LogP contribution in [0.3, 0.4) is 0 Å². The summed E-state index contributed by atoms with van der Waals surface area (Å²) < 4.78 is 26.6. The highest BCUT2D eigenvalue weighted by molar-refractivity contribution is 5.96. The number of nitrogens with one attached hydrogen (secondary N) is 1. The minimum atomic E-state index is -0.751. The molecule has 3 aromatic rings. The number of halogens is 2. The number of aryl methyl sites for hydroxylation is 1. The first-order chi connectivity index (χ1) is 12.5. The summed E-state index contributed by atoms with van der Waals surface area (Å²) in [4.78, 5) is 22.0. The fourth-order valence-corrected chi connectivity index (χ4v) is 2.29. The average molecular weight is 359 g/mol. The van der Waals surface area contributed by atoms with Gasteiger partial charge in [0.15, 0.2) is 17.3 Å². The number of benzene rings is 1. The predicted octanol–water partition coefficient (Wildman–Crippen LogP) is 1.41. The molecule has 0 unspecified atom stereocenters. The smallest absolute Gasteiger partial charge is 0.274 e. The Kier molecular flexibility index (Phi) is 4.83. The second-order valence-electron chi connectivity index (χ2n) is 5.32. The van der Waals surface area contributed by atoms with Gasteiger partial charge in [-0.05, 0) is 12.5 Å². The summed E-state index contributed by atoms with van der Waals surface area (Å²) in [6.45, 7) is 1.69. The number of anilines is 1. The van der Waals surface area contributed by atoms with Crippen LogP contribution in [0.15, 0.2) is 30.6 Å². The standard InChI is InChI=1S/C16H15F2N7O/c1-2-12-15(25-21-5-6-22-25)24-14(19)13(23-12)16(26)20-8-9-3-4-10(17)7-11(9)18/h3-7H,2,8H2,1H3,(H2,19,24)(H,20,26). The highest BCUT2D eigenvalue weighted by Crippen LogP contribution is 2.15. The van der Waals surface area contributed by atoms with Crippen molar-refractivity contribution in [3.8, 4) is 5.82 Å². The third-order valence-corrected chi connectivity index (χ3v) is 3.59. The Bertz CT molecular complexity index is 944. The van der Waals surface area contributed by atoms with Crippen LogP contribution in [0.4, 0.5) is 14.6 Å². The van der Waals surface area contributed by atoms with Gasteiger partial charge in [0.25, 0.3) is 5.91 Å². The molecule has 26 heavy (non-hydrogen) atoms. The summed E-state index contributed by atoms with van der Waals surface area (Å²) in [6, 6.07) is 3.11. The van der Waals surface area contributed by atoms with Crippen LogP contribution in [-0.4, -0.2) is 30.9 Å². The van der Waals surface area contributed by atoms with E-state index in [2.05, 4.69) is 25.5 Å². The van der Waals surface area contributed by atoms with Gasteiger partial charge < -0.3 is 11.1 Å². The first-order valence-corrected chi connectivity index (χ1v) is 7.74. The Labute approximate surface area is 147 Å². The van der Waals surface area contributed by atoms with Crippen molar-refractivity contribution in [2.75, 3.05) is 5.73 Å². The summed E-state index contributed by atoms with van der Waals surface area (Å²) in [6.07, 6.45) is 3.43. The summed E-state index contributed by atoms with van der Waals surface area (Å²) >= 11 is 0. The van der Waals surface area contributed by atoms with Crippen LogP contribution in [0, 0.1) is 11.6 Å². The van der Waals surface area contributed by atoms with Gasteiger partial charge in [0, 0.05) is 18.2 Å². The normalized spacial score (nSPS) is 10.7. The topological polar surface area (TPSA) is 112 Å². The van der Waals surface area contributed by atoms with Crippen LogP contribution >= 0.6 is 0 Å². The SMILES string of the molecule is CCc1nc(C(=O)NCc2ccc(F)cc2F)c(N)nc1-n1nccn1. The largest absolute Gasteiger partial charge is 0.382 e. The zero-order valence-corrected chi connectivity index (χ0v) is 13.8. The Morgan fingerprint density at radius 1 is 1.23 bits per heavy atom. The van der Waals surface area contributed by atoms with Crippen molar-refractivity contribution in [2.45, 2.75) is 19.9 Å². The van der Waals surface area contributed by atoms with Crippen molar-refractivity contribution in [1.82, 2.24) is 30.3 Å². The van der Waals surface area contributed by atoms with Gasteiger partial charge in [0.2, 0.25) is 0 Å². The number of carbonyl (C=O) groups is 1. The highest BCUT2D eigenvalue weighted by atomic mass is 19.1. The van der Waals surface area contributed by atoms with Gasteiger partial charge in [0.05, 0.1) is 18.1 Å². The van der Waals surface area contributed by atoms with Crippen LogP contribution in [0.5, 0.6) is 0 Å². The average Bonchev–Trinajstić information content (AvgIpc) is 3.15. The molecule has 0 atom stereocenters. The molecule has 0 aliphatic heterocycles. The van der Waals surface area contributed by atoms with Crippen molar-refractivity contribution in [1.29, 1.82) is 0 Å². The number of nitrogens with two attached hydrogens (primary N) is 1. The zero-order chi connectivity index (χ0) is 18.7. The van der Waals surface area contributed by atoms with Crippen LogP contribution in [-0.2, 0) is 13.0 Å². The molecule has 0 saturated heterocycles. The molecule has 1 aromatic carbocycles. The third kappa shape index (κ3) is 3.48. The quantitative estimate of drug-likeness (QED) is 0.712. The lowest BCUT2D eigenvalue weighted by Gasteiger charge is -2.11. The Morgan fingerprint density at radius 3 is 2.62 bits per heavy atom. The van der Waals surface area contributed by atoms with Crippen LogP contribution in [0.25, 0.3) is 5.82 Å². The van der Waals surface area contributed by atoms with E-state index in [4.69, 9.17) is 5.73 Å². The summed E-state index contributed by atoms with van der Waals surface area (Å²) in [5.41, 5.74) is 6.38. The molecule has 10 heteroatoms. The van der Waals surface area contributed by atoms with E-state index < -0.39 is 17.5 Å². The second kappa shape index (κ2) is 7.21. The molecule has 0 aliphatic carbocycles. The first-order valence-electron chi connectivity index (χ1n) is 7.74. The zero-order valence-electron chi connectivity index (χ0n) is 13.8. The number of hydrogen-bond donors (Lipinski definition) is 2. The number of nitrogens with zero attached hydrogens (tertiary/aromatic N) is 5. The fourth-order valence-electron chi connectivity index (χ4n) is 2.29. The number of hydrogen-bond acceptors (Lipinski definition) is 6. The summed E-state index contributed by atoms with van der Waals surface area (Å²) in [5, 5.41) is 10.5. The van der Waals surface area contributed by atoms with Crippen molar-refractivity contribution >= 4 is 11.7 Å². The molecule has 3 rings (SSSR count). The number of carbonyl (C=O) groups excluding carboxylic acids is 1. The van der Waals surface area contributed by atoms with Crippen molar-refractivity contribution < 1.29 is 13.6 Å². The van der Waals surface area contributed by atoms with Crippen molar-refractivity contribution in [3.05, 3.63) is 59.2 Å². The predicted molar refractivity (Wildman–Crippen MR) is 88.3 cm³/mol. The lowest BCUT2D eigenvalue weighted by atomic mass is 10.2. The lowest BCUT2D eigenvalue weighted by molar-refractivity contribution is 0.0946. The molecule has 2 heterocycles. The van der Waals surface area contributed by atoms with Crippen LogP contribution in [0.2, 0.25) is 0 Å². The van der Waals surface area contributed by atoms with Gasteiger partial charge in [-0.1, -0.05) is 13.0 Å². The molecular formula is C16H15F2N7O. The summed E-state index contributed by atoms with van der Waals surface area (Å²) in [7, 11) is 0. The summed E-state index contributed by atoms with van der Waals surface area (Å²) in [5.74, 6) is -1.84. The Balaban J connectivity index is 1.83. The molecule has 0 spiro atoms. The van der Waals surface area contributed by atoms with Gasteiger partial charge in [-0.15, -0.1) is 4.80 Å². The van der Waals surface area contributed by atoms with Crippen molar-refractivity contribution in [2.24, 2.45) is 0 Å². The van der Waals surface area contributed by atoms with E-state index in [0.29, 0.717) is 17.9 Å². The maximum Gasteiger partial charge on any atom is 0.274 e. The van der Waals surface area contributed by atoms with E-state index in [-0.39, 0.29) is 23.6 Å². The third-order valence-electron chi connectivity index (χ3n) is 3.59. The minimum absolute atomic E-state index is 0.0831. The van der Waals surface area contributed by atoms with E-state index in [1.807, 2.05) is 6.92 Å². The highest BCUT2D eigenvalue weighted by Gasteiger charge is 2.19. The lowest BCUT2D eigenvalue weighted by Crippen LogP contribution is -2.27. The van der Waals surface area contributed by atoms with Crippen molar-refractivity contribution in [3.63, 3.8) is 0 Å². The molecule has 0 radical (unpaired) electrons. The van der Waals surface area contributed by atoms with Crippen LogP contribution < -0.4 is 11.1 Å². The second-order valence-corrected chi connectivity index (χ2v) is 5.32. The Hall–Kier alpha value is -3.43. The molecule has 0 fully saturated rings. The molecule has 1 amide bonds. The maximum atomic E-state index is 13.7. The fraction of sp³-hybridized carbons (Fsp3) is 0.188. The maximum absolute atomic E-state index is 13.7. The molecular weight excluding hydrogens is 344 g/mol. The molecule has 8 nitrogen and oxygen atoms in total. The van der Waals surface area contributed by atoms with Gasteiger partial charge in [0.1, 0.15) is 11.6 Å². The molecule has 3 N–H and O–H groups in total. The number of nitrogen functional groups attached to an aromatic ring is 1. The first kappa shape index (κ1) is 17.4. The van der Waals surface area contributed by atoms with E-state index in [1.54, 1.807) is 0 Å². The van der Waals surface area contributed by atoms with E-state index >= 15 is 0 Å². The molecule has 2 aromatic heterocycles. The van der Waals surface area contributed by atoms with E-state index in [1.165, 1.54) is 23.3 Å². The number of aromatic nitrogens is 5. The molecule has 134 valence electrons. The minimum Gasteiger partial charge on any atom is -0.382 e. The van der Waals surface area contributed by atoms with E-state index in [9.17, 15) is 13.6 Å².